The second kappa shape index (κ2) is 13.1. The van der Waals surface area contributed by atoms with Gasteiger partial charge in [0.05, 0.1) is 22.1 Å². The molecule has 1 N–H and O–H groups in total. The van der Waals surface area contributed by atoms with Gasteiger partial charge < -0.3 is 14.5 Å². The van der Waals surface area contributed by atoms with E-state index in [-0.39, 0.29) is 0 Å². The fraction of sp³-hybridized carbons (Fsp3) is 0.0196. The molecule has 1 atom stereocenters. The molecule has 10 aromatic rings. The van der Waals surface area contributed by atoms with Gasteiger partial charge in [-0.1, -0.05) is 164 Å². The van der Waals surface area contributed by atoms with Crippen LogP contribution in [0.5, 0.6) is 0 Å². The first-order valence-corrected chi connectivity index (χ1v) is 19.0. The zero-order valence-electron chi connectivity index (χ0n) is 30.4. The van der Waals surface area contributed by atoms with E-state index in [9.17, 15) is 0 Å². The summed E-state index contributed by atoms with van der Waals surface area (Å²) in [4.78, 5) is 10.6. The Labute approximate surface area is 324 Å². The van der Waals surface area contributed by atoms with Crippen LogP contribution in [-0.4, -0.2) is 20.8 Å². The van der Waals surface area contributed by atoms with Gasteiger partial charge in [0.2, 0.25) is 6.29 Å². The van der Waals surface area contributed by atoms with Gasteiger partial charge in [-0.15, -0.1) is 0 Å². The maximum Gasteiger partial charge on any atom is 0.204 e. The van der Waals surface area contributed by atoms with Gasteiger partial charge >= 0.3 is 0 Å². The predicted molar refractivity (Wildman–Crippen MR) is 233 cm³/mol. The number of para-hydroxylation sites is 3. The van der Waals surface area contributed by atoms with Crippen molar-refractivity contribution in [2.24, 2.45) is 9.98 Å². The van der Waals surface area contributed by atoms with E-state index in [4.69, 9.17) is 9.98 Å². The fourth-order valence-electron chi connectivity index (χ4n) is 8.41. The molecule has 3 heterocycles. The third-order valence-electron chi connectivity index (χ3n) is 11.0. The minimum absolute atomic E-state index is 0.470. The third kappa shape index (κ3) is 5.24. The van der Waals surface area contributed by atoms with Gasteiger partial charge in [0, 0.05) is 38.4 Å². The SMILES string of the molecule is c1ccc(-c2ccc(C3=NC(n4c5ccccc5c5c6c7ccccc7n(-c7ccccc7)c6ccc54)NC(c4ccc(-c5ccccc5)cc4)=N3)cc2)cc1. The Hall–Kier alpha value is -7.50. The van der Waals surface area contributed by atoms with Crippen LogP contribution in [0.3, 0.4) is 0 Å². The summed E-state index contributed by atoms with van der Waals surface area (Å²) in [6.07, 6.45) is -0.470. The number of rotatable bonds is 6. The second-order valence-corrected chi connectivity index (χ2v) is 14.2. The topological polar surface area (TPSA) is 46.6 Å². The lowest BCUT2D eigenvalue weighted by Gasteiger charge is -2.26. The fourth-order valence-corrected chi connectivity index (χ4v) is 8.41. The van der Waals surface area contributed by atoms with Gasteiger partial charge in [0.25, 0.3) is 0 Å². The third-order valence-corrected chi connectivity index (χ3v) is 11.0. The Morgan fingerprint density at radius 2 is 0.839 bits per heavy atom. The summed E-state index contributed by atoms with van der Waals surface area (Å²) >= 11 is 0. The zero-order valence-corrected chi connectivity index (χ0v) is 30.4. The molecule has 2 aromatic heterocycles. The molecule has 264 valence electrons. The molecule has 0 fully saturated rings. The van der Waals surface area contributed by atoms with Crippen molar-refractivity contribution in [1.82, 2.24) is 14.5 Å². The van der Waals surface area contributed by atoms with E-state index in [0.29, 0.717) is 5.84 Å². The molecule has 5 heteroatoms. The van der Waals surface area contributed by atoms with Crippen LogP contribution in [0.1, 0.15) is 17.4 Å². The van der Waals surface area contributed by atoms with Crippen molar-refractivity contribution in [2.45, 2.75) is 6.29 Å². The van der Waals surface area contributed by atoms with Crippen LogP contribution in [0.2, 0.25) is 0 Å². The van der Waals surface area contributed by atoms with Gasteiger partial charge in [-0.25, -0.2) is 9.98 Å². The van der Waals surface area contributed by atoms with Gasteiger partial charge in [-0.3, -0.25) is 0 Å². The van der Waals surface area contributed by atoms with Crippen LogP contribution in [0.15, 0.2) is 210 Å². The molecule has 11 rings (SSSR count). The van der Waals surface area contributed by atoms with E-state index in [0.717, 1.165) is 44.8 Å². The molecular formula is C51H35N5. The van der Waals surface area contributed by atoms with Crippen molar-refractivity contribution in [3.63, 3.8) is 0 Å². The van der Waals surface area contributed by atoms with Crippen LogP contribution in [0.4, 0.5) is 0 Å². The molecule has 0 radical (unpaired) electrons. The van der Waals surface area contributed by atoms with Crippen molar-refractivity contribution >= 4 is 55.3 Å². The first kappa shape index (κ1) is 32.0. The largest absolute Gasteiger partial charge is 0.331 e. The Morgan fingerprint density at radius 1 is 0.375 bits per heavy atom. The minimum atomic E-state index is -0.470. The van der Waals surface area contributed by atoms with Crippen LogP contribution < -0.4 is 5.32 Å². The molecule has 1 aliphatic heterocycles. The smallest absolute Gasteiger partial charge is 0.204 e. The summed E-state index contributed by atoms with van der Waals surface area (Å²) in [5.41, 5.74) is 12.3. The molecular weight excluding hydrogens is 683 g/mol. The molecule has 0 bridgehead atoms. The molecule has 8 aromatic carbocycles. The molecule has 1 aliphatic rings. The second-order valence-electron chi connectivity index (χ2n) is 14.2. The lowest BCUT2D eigenvalue weighted by Crippen LogP contribution is -2.36. The average Bonchev–Trinajstić information content (AvgIpc) is 3.80. The summed E-state index contributed by atoms with van der Waals surface area (Å²) in [7, 11) is 0. The molecule has 56 heavy (non-hydrogen) atoms. The highest BCUT2D eigenvalue weighted by atomic mass is 15.3. The Kier molecular flexibility index (Phi) is 7.49. The summed E-state index contributed by atoms with van der Waals surface area (Å²) in [6.45, 7) is 0. The molecule has 0 amide bonds. The van der Waals surface area contributed by atoms with Crippen molar-refractivity contribution in [1.29, 1.82) is 0 Å². The molecule has 5 nitrogen and oxygen atoms in total. The first-order chi connectivity index (χ1) is 27.8. The first-order valence-electron chi connectivity index (χ1n) is 19.0. The Morgan fingerprint density at radius 3 is 1.48 bits per heavy atom. The highest BCUT2D eigenvalue weighted by Crippen LogP contribution is 2.42. The highest BCUT2D eigenvalue weighted by molar-refractivity contribution is 6.28. The number of aliphatic imine (C=N–C) groups is 2. The molecule has 1 unspecified atom stereocenters. The maximum atomic E-state index is 5.41. The maximum absolute atomic E-state index is 5.41. The Bertz CT molecular complexity index is 3120. The summed E-state index contributed by atoms with van der Waals surface area (Å²) < 4.78 is 4.73. The van der Waals surface area contributed by atoms with Crippen molar-refractivity contribution in [3.8, 4) is 27.9 Å². The minimum Gasteiger partial charge on any atom is -0.331 e. The number of amidine groups is 2. The zero-order chi connectivity index (χ0) is 37.0. The van der Waals surface area contributed by atoms with Gasteiger partial charge in [0.15, 0.2) is 5.84 Å². The van der Waals surface area contributed by atoms with E-state index in [1.54, 1.807) is 0 Å². The van der Waals surface area contributed by atoms with E-state index in [2.05, 4.69) is 203 Å². The number of hydrogen-bond donors (Lipinski definition) is 1. The standard InChI is InChI=1S/C51H35N5/c1-4-14-34(15-5-1)36-24-28-38(29-25-36)49-52-50(39-30-26-37(27-31-39)35-16-6-2-7-17-35)54-51(53-49)56-44-23-13-11-21-42(44)48-46(56)33-32-45-47(48)41-20-10-12-22-43(41)55(45)40-18-8-3-9-19-40/h1-33,51H,(H,52,53,54). The normalized spacial score (nSPS) is 14.2. The predicted octanol–water partition coefficient (Wildman–Crippen LogP) is 12.2. The molecule has 0 spiro atoms. The molecule has 0 saturated heterocycles. The number of hydrogen-bond acceptors (Lipinski definition) is 3. The lowest BCUT2D eigenvalue weighted by atomic mass is 10.0. The van der Waals surface area contributed by atoms with E-state index in [1.165, 1.54) is 43.7 Å². The molecule has 0 saturated carbocycles. The number of nitrogens with zero attached hydrogens (tertiary/aromatic N) is 4. The van der Waals surface area contributed by atoms with Crippen molar-refractivity contribution < 1.29 is 0 Å². The van der Waals surface area contributed by atoms with Gasteiger partial charge in [-0.05, 0) is 58.7 Å². The van der Waals surface area contributed by atoms with E-state index < -0.39 is 6.29 Å². The average molecular weight is 718 g/mol. The van der Waals surface area contributed by atoms with Gasteiger partial charge in [-0.2, -0.15) is 0 Å². The number of nitrogens with one attached hydrogen (secondary N) is 1. The van der Waals surface area contributed by atoms with E-state index in [1.807, 2.05) is 12.1 Å². The van der Waals surface area contributed by atoms with E-state index >= 15 is 0 Å². The van der Waals surface area contributed by atoms with Crippen molar-refractivity contribution in [2.75, 3.05) is 0 Å². The monoisotopic (exact) mass is 717 g/mol. The number of aromatic nitrogens is 2. The number of benzene rings is 8. The van der Waals surface area contributed by atoms with Crippen LogP contribution in [-0.2, 0) is 0 Å². The quantitative estimate of drug-likeness (QED) is 0.183. The lowest BCUT2D eigenvalue weighted by molar-refractivity contribution is 0.516. The number of fused-ring (bicyclic) bond motifs is 7. The summed E-state index contributed by atoms with van der Waals surface area (Å²) in [5.74, 6) is 1.46. The summed E-state index contributed by atoms with van der Waals surface area (Å²) in [6, 6.07) is 70.8. The van der Waals surface area contributed by atoms with Gasteiger partial charge in [0.1, 0.15) is 5.84 Å². The van der Waals surface area contributed by atoms with Crippen LogP contribution in [0, 0.1) is 0 Å². The van der Waals surface area contributed by atoms with Crippen molar-refractivity contribution in [3.05, 3.63) is 211 Å². The van der Waals surface area contributed by atoms with Crippen LogP contribution in [0.25, 0.3) is 71.6 Å². The highest BCUT2D eigenvalue weighted by Gasteiger charge is 2.26. The van der Waals surface area contributed by atoms with Crippen LogP contribution >= 0.6 is 0 Å². The summed E-state index contributed by atoms with van der Waals surface area (Å²) in [5, 5.41) is 8.65. The Balaban J connectivity index is 1.11. The molecule has 0 aliphatic carbocycles.